The number of carbonyl (C=O) groups excluding carboxylic acids is 1. The Morgan fingerprint density at radius 1 is 1.04 bits per heavy atom. The van der Waals surface area contributed by atoms with Gasteiger partial charge >= 0.3 is 0 Å². The normalized spacial score (nSPS) is 18.4. The van der Waals surface area contributed by atoms with Crippen LogP contribution in [-0.2, 0) is 9.53 Å². The molecule has 0 spiro atoms. The summed E-state index contributed by atoms with van der Waals surface area (Å²) in [4.78, 5) is 29.0. The smallest absolute Gasteiger partial charge is 0.295 e. The first-order chi connectivity index (χ1) is 13.2. The van der Waals surface area contributed by atoms with E-state index in [2.05, 4.69) is 0 Å². The molecule has 1 aromatic rings. The third-order valence-corrected chi connectivity index (χ3v) is 5.14. The zero-order valence-corrected chi connectivity index (χ0v) is 16.6. The van der Waals surface area contributed by atoms with Gasteiger partial charge in [0.05, 0.1) is 29.9 Å². The molecule has 0 aromatic heterocycles. The second-order valence-electron chi connectivity index (χ2n) is 8.18. The fourth-order valence-corrected chi connectivity index (χ4v) is 3.61. The number of nitrogens with zero attached hydrogens (tertiary/aromatic N) is 4. The number of piperazine rings is 1. The number of nitro benzene ring substituents is 1. The van der Waals surface area contributed by atoms with Gasteiger partial charge < -0.3 is 19.4 Å². The van der Waals surface area contributed by atoms with Crippen LogP contribution in [-0.4, -0.2) is 68.2 Å². The Hall–Kier alpha value is -2.42. The Labute approximate surface area is 164 Å². The van der Waals surface area contributed by atoms with Gasteiger partial charge in [0.2, 0.25) is 5.91 Å². The highest BCUT2D eigenvalue weighted by atomic mass is 19.1. The number of morpholine rings is 1. The van der Waals surface area contributed by atoms with E-state index in [1.165, 1.54) is 0 Å². The molecule has 0 atom stereocenters. The summed E-state index contributed by atoms with van der Waals surface area (Å²) in [6, 6.07) is 2.58. The molecule has 2 heterocycles. The zero-order chi connectivity index (χ0) is 20.5. The van der Waals surface area contributed by atoms with Gasteiger partial charge in [-0.3, -0.25) is 14.9 Å². The maximum Gasteiger partial charge on any atom is 0.295 e. The highest BCUT2D eigenvalue weighted by Gasteiger charge is 2.32. The minimum atomic E-state index is -0.598. The van der Waals surface area contributed by atoms with Crippen molar-refractivity contribution in [2.75, 3.05) is 62.3 Å². The number of halogens is 1. The van der Waals surface area contributed by atoms with Crippen molar-refractivity contribution in [3.05, 3.63) is 28.1 Å². The third-order valence-electron chi connectivity index (χ3n) is 5.14. The van der Waals surface area contributed by atoms with Crippen LogP contribution in [0.4, 0.5) is 21.5 Å². The van der Waals surface area contributed by atoms with E-state index in [1.54, 1.807) is 11.0 Å². The molecule has 0 bridgehead atoms. The van der Waals surface area contributed by atoms with E-state index in [9.17, 15) is 19.3 Å². The summed E-state index contributed by atoms with van der Waals surface area (Å²) in [6.07, 6.45) is 0. The third kappa shape index (κ3) is 4.19. The van der Waals surface area contributed by atoms with Gasteiger partial charge in [-0.15, -0.1) is 0 Å². The Morgan fingerprint density at radius 3 is 2.14 bits per heavy atom. The number of carbonyl (C=O) groups is 1. The van der Waals surface area contributed by atoms with Gasteiger partial charge in [0, 0.05) is 44.7 Å². The van der Waals surface area contributed by atoms with Gasteiger partial charge in [-0.2, -0.15) is 0 Å². The van der Waals surface area contributed by atoms with E-state index < -0.39 is 16.2 Å². The van der Waals surface area contributed by atoms with Crippen LogP contribution in [0.25, 0.3) is 0 Å². The molecule has 8 nitrogen and oxygen atoms in total. The summed E-state index contributed by atoms with van der Waals surface area (Å²) in [5.41, 5.74) is 0.0473. The second-order valence-corrected chi connectivity index (χ2v) is 8.18. The van der Waals surface area contributed by atoms with E-state index in [4.69, 9.17) is 4.74 Å². The average molecular weight is 394 g/mol. The van der Waals surface area contributed by atoms with Crippen molar-refractivity contribution >= 4 is 23.0 Å². The first kappa shape index (κ1) is 20.3. The summed E-state index contributed by atoms with van der Waals surface area (Å²) in [7, 11) is 0. The summed E-state index contributed by atoms with van der Waals surface area (Å²) in [5.74, 6) is -0.534. The van der Waals surface area contributed by atoms with Crippen LogP contribution in [0.5, 0.6) is 0 Å². The number of hydrogen-bond donors (Lipinski definition) is 0. The first-order valence-corrected chi connectivity index (χ1v) is 9.53. The maximum absolute atomic E-state index is 14.6. The van der Waals surface area contributed by atoms with Crippen LogP contribution >= 0.6 is 0 Å². The van der Waals surface area contributed by atoms with Gasteiger partial charge in [-0.25, -0.2) is 4.39 Å². The maximum atomic E-state index is 14.6. The van der Waals surface area contributed by atoms with Crippen LogP contribution in [0.15, 0.2) is 12.1 Å². The number of rotatable bonds is 3. The van der Waals surface area contributed by atoms with Gasteiger partial charge in [0.1, 0.15) is 5.69 Å². The number of benzene rings is 1. The topological polar surface area (TPSA) is 79.2 Å². The standard InChI is InChI=1S/C19H27FN4O4/c1-19(2,3)18(25)23-6-4-21(5-7-23)16-13-15(22-8-10-28-11-9-22)14(20)12-17(16)24(26)27/h12-13H,4-11H2,1-3H3. The highest BCUT2D eigenvalue weighted by molar-refractivity contribution is 5.82. The zero-order valence-electron chi connectivity index (χ0n) is 16.6. The summed E-state index contributed by atoms with van der Waals surface area (Å²) in [5, 5.41) is 11.5. The molecule has 3 rings (SSSR count). The van der Waals surface area contributed by atoms with Crippen LogP contribution in [0.3, 0.4) is 0 Å². The molecule has 2 fully saturated rings. The molecule has 28 heavy (non-hydrogen) atoms. The van der Waals surface area contributed by atoms with E-state index in [1.807, 2.05) is 30.6 Å². The summed E-state index contributed by atoms with van der Waals surface area (Å²) < 4.78 is 19.9. The molecule has 0 radical (unpaired) electrons. The van der Waals surface area contributed by atoms with Crippen molar-refractivity contribution in [1.29, 1.82) is 0 Å². The van der Waals surface area contributed by atoms with Crippen LogP contribution in [0.1, 0.15) is 20.8 Å². The van der Waals surface area contributed by atoms with E-state index in [-0.39, 0.29) is 11.6 Å². The molecule has 2 aliphatic heterocycles. The molecule has 1 aromatic carbocycles. The fourth-order valence-electron chi connectivity index (χ4n) is 3.61. The number of anilines is 2. The lowest BCUT2D eigenvalue weighted by molar-refractivity contribution is -0.384. The summed E-state index contributed by atoms with van der Waals surface area (Å²) in [6.45, 7) is 9.62. The van der Waals surface area contributed by atoms with E-state index >= 15 is 0 Å². The van der Waals surface area contributed by atoms with Crippen molar-refractivity contribution in [2.45, 2.75) is 20.8 Å². The van der Waals surface area contributed by atoms with Gasteiger partial charge in [0.25, 0.3) is 5.69 Å². The van der Waals surface area contributed by atoms with Crippen molar-refractivity contribution in [3.63, 3.8) is 0 Å². The Bertz CT molecular complexity index is 751. The number of nitro groups is 1. The molecule has 9 heteroatoms. The molecular formula is C19H27FN4O4. The second kappa shape index (κ2) is 7.90. The van der Waals surface area contributed by atoms with Crippen molar-refractivity contribution in [3.8, 4) is 0 Å². The predicted octanol–water partition coefficient (Wildman–Crippen LogP) is 2.27. The lowest BCUT2D eigenvalue weighted by Crippen LogP contribution is -2.51. The molecule has 0 saturated carbocycles. The molecule has 2 saturated heterocycles. The van der Waals surface area contributed by atoms with Gasteiger partial charge in [-0.05, 0) is 6.07 Å². The number of amides is 1. The molecule has 2 aliphatic rings. The predicted molar refractivity (Wildman–Crippen MR) is 104 cm³/mol. The SMILES string of the molecule is CC(C)(C)C(=O)N1CCN(c2cc(N3CCOCC3)c(F)cc2[N+](=O)[O-])CC1. The quantitative estimate of drug-likeness (QED) is 0.578. The minimum absolute atomic E-state index is 0.0646. The van der Waals surface area contributed by atoms with Gasteiger partial charge in [-0.1, -0.05) is 20.8 Å². The first-order valence-electron chi connectivity index (χ1n) is 9.53. The molecular weight excluding hydrogens is 367 g/mol. The van der Waals surface area contributed by atoms with Crippen LogP contribution in [0, 0.1) is 21.3 Å². The largest absolute Gasteiger partial charge is 0.378 e. The molecule has 0 N–H and O–H groups in total. The van der Waals surface area contributed by atoms with E-state index in [0.717, 1.165) is 6.07 Å². The summed E-state index contributed by atoms with van der Waals surface area (Å²) >= 11 is 0. The Morgan fingerprint density at radius 2 is 1.61 bits per heavy atom. The van der Waals surface area contributed by atoms with Crippen molar-refractivity contribution in [1.82, 2.24) is 4.90 Å². The van der Waals surface area contributed by atoms with E-state index in [0.29, 0.717) is 63.9 Å². The molecule has 0 aliphatic carbocycles. The van der Waals surface area contributed by atoms with Crippen LogP contribution < -0.4 is 9.80 Å². The number of hydrogen-bond acceptors (Lipinski definition) is 6. The van der Waals surface area contributed by atoms with Gasteiger partial charge in [0.15, 0.2) is 5.82 Å². The lowest BCUT2D eigenvalue weighted by atomic mass is 9.94. The number of ether oxygens (including phenoxy) is 1. The lowest BCUT2D eigenvalue weighted by Gasteiger charge is -2.39. The Balaban J connectivity index is 1.84. The molecule has 1 amide bonds. The minimum Gasteiger partial charge on any atom is -0.378 e. The highest BCUT2D eigenvalue weighted by Crippen LogP contribution is 2.36. The monoisotopic (exact) mass is 394 g/mol. The fraction of sp³-hybridized carbons (Fsp3) is 0.632. The Kier molecular flexibility index (Phi) is 5.74. The molecule has 154 valence electrons. The van der Waals surface area contributed by atoms with Crippen molar-refractivity contribution < 1.29 is 18.8 Å². The average Bonchev–Trinajstić information content (AvgIpc) is 2.67. The van der Waals surface area contributed by atoms with Crippen LogP contribution in [0.2, 0.25) is 0 Å². The molecule has 0 unspecified atom stereocenters. The van der Waals surface area contributed by atoms with Crippen molar-refractivity contribution in [2.24, 2.45) is 5.41 Å².